The monoisotopic (exact) mass is 900 g/mol. The minimum atomic E-state index is -0.215. The lowest BCUT2D eigenvalue weighted by Gasteiger charge is -2.41. The van der Waals surface area contributed by atoms with E-state index in [0.717, 1.165) is 134 Å². The highest BCUT2D eigenvalue weighted by Gasteiger charge is 2.49. The Kier molecular flexibility index (Phi) is 8.70. The van der Waals surface area contributed by atoms with Crippen molar-refractivity contribution in [1.29, 1.82) is 0 Å². The van der Waals surface area contributed by atoms with E-state index in [2.05, 4.69) is 194 Å². The molecule has 69 heavy (non-hydrogen) atoms. The zero-order chi connectivity index (χ0) is 47.4. The molecule has 0 saturated heterocycles. The van der Waals surface area contributed by atoms with Crippen LogP contribution in [0.4, 0.5) is 34.5 Å². The summed E-state index contributed by atoms with van der Waals surface area (Å²) in [5.74, 6) is 3.37. The first-order chi connectivity index (χ1) is 33.1. The lowest BCUT2D eigenvalue weighted by atomic mass is 9.33. The van der Waals surface area contributed by atoms with E-state index in [1.807, 2.05) is 24.3 Å². The van der Waals surface area contributed by atoms with Gasteiger partial charge in [0.1, 0.15) is 33.9 Å². The SMILES string of the molecule is Cc1cc(-c2cc3ccccc3o2)cc(C)c1N1c2cccc3c2B(c2c1oc1ccc(C(C)(C)C)cc21)c1c(oc2ccc(C(C)(C)C)cc12)N3c1c(C)cc(-c2cc3ccccc3o2)cc1C. The van der Waals surface area contributed by atoms with Gasteiger partial charge in [-0.15, -0.1) is 0 Å². The fraction of sp³-hybridized carbons (Fsp3) is 0.194. The number of aryl methyl sites for hydroxylation is 4. The topological polar surface area (TPSA) is 59.0 Å². The second kappa shape index (κ2) is 14.4. The number of benzene rings is 7. The molecule has 338 valence electrons. The van der Waals surface area contributed by atoms with Crippen LogP contribution in [0.3, 0.4) is 0 Å². The Hall–Kier alpha value is -7.64. The molecule has 0 radical (unpaired) electrons. The van der Waals surface area contributed by atoms with Crippen LogP contribution in [0, 0.1) is 27.7 Å². The van der Waals surface area contributed by atoms with Crippen LogP contribution in [0.1, 0.15) is 74.9 Å². The molecule has 0 saturated carbocycles. The average molecular weight is 901 g/mol. The molecular formula is C62H53BN2O4. The van der Waals surface area contributed by atoms with E-state index in [1.165, 1.54) is 16.6 Å². The fourth-order valence-electron chi connectivity index (χ4n) is 11.5. The van der Waals surface area contributed by atoms with Gasteiger partial charge in [0, 0.05) is 55.0 Å². The Morgan fingerprint density at radius 3 is 1.19 bits per heavy atom. The van der Waals surface area contributed by atoms with Gasteiger partial charge in [-0.1, -0.05) is 96.1 Å². The minimum absolute atomic E-state index is 0.0858. The van der Waals surface area contributed by atoms with Crippen LogP contribution in [0.25, 0.3) is 66.5 Å². The van der Waals surface area contributed by atoms with Crippen LogP contribution in [0.5, 0.6) is 0 Å². The average Bonchev–Trinajstić information content (AvgIpc) is 4.11. The molecule has 0 bridgehead atoms. The lowest BCUT2D eigenvalue weighted by Crippen LogP contribution is -2.61. The highest BCUT2D eigenvalue weighted by atomic mass is 16.4. The number of furan rings is 4. The van der Waals surface area contributed by atoms with E-state index in [-0.39, 0.29) is 17.5 Å². The zero-order valence-corrected chi connectivity index (χ0v) is 40.9. The van der Waals surface area contributed by atoms with E-state index in [0.29, 0.717) is 0 Å². The van der Waals surface area contributed by atoms with Crippen molar-refractivity contribution in [2.75, 3.05) is 9.80 Å². The van der Waals surface area contributed by atoms with E-state index >= 15 is 0 Å². The van der Waals surface area contributed by atoms with Crippen molar-refractivity contribution in [3.05, 3.63) is 173 Å². The first kappa shape index (κ1) is 41.5. The summed E-state index contributed by atoms with van der Waals surface area (Å²) in [6.07, 6.45) is 0. The van der Waals surface area contributed by atoms with Crippen molar-refractivity contribution < 1.29 is 17.7 Å². The summed E-state index contributed by atoms with van der Waals surface area (Å²) < 4.78 is 27.5. The van der Waals surface area contributed by atoms with Crippen LogP contribution in [0.2, 0.25) is 0 Å². The maximum absolute atomic E-state index is 7.31. The van der Waals surface area contributed by atoms with Crippen molar-refractivity contribution in [3.8, 4) is 22.6 Å². The molecule has 0 fully saturated rings. The van der Waals surface area contributed by atoms with Crippen LogP contribution < -0.4 is 26.2 Å². The second-order valence-electron chi connectivity index (χ2n) is 21.6. The third-order valence-electron chi connectivity index (χ3n) is 14.8. The van der Waals surface area contributed by atoms with Gasteiger partial charge >= 0.3 is 0 Å². The van der Waals surface area contributed by atoms with Crippen molar-refractivity contribution in [2.45, 2.75) is 80.1 Å². The maximum Gasteiger partial charge on any atom is 0.262 e. The molecule has 0 unspecified atom stereocenters. The summed E-state index contributed by atoms with van der Waals surface area (Å²) in [5.41, 5.74) is 20.2. The van der Waals surface area contributed by atoms with Gasteiger partial charge in [0.2, 0.25) is 11.8 Å². The van der Waals surface area contributed by atoms with Gasteiger partial charge in [0.15, 0.2) is 0 Å². The molecular weight excluding hydrogens is 848 g/mol. The van der Waals surface area contributed by atoms with Gasteiger partial charge in [-0.2, -0.15) is 0 Å². The van der Waals surface area contributed by atoms with E-state index in [9.17, 15) is 0 Å². The van der Waals surface area contributed by atoms with Crippen molar-refractivity contribution in [3.63, 3.8) is 0 Å². The van der Waals surface area contributed by atoms with Gasteiger partial charge in [0.25, 0.3) is 6.71 Å². The molecule has 0 aliphatic carbocycles. The predicted octanol–water partition coefficient (Wildman–Crippen LogP) is 15.9. The summed E-state index contributed by atoms with van der Waals surface area (Å²) in [5, 5.41) is 4.41. The summed E-state index contributed by atoms with van der Waals surface area (Å²) >= 11 is 0. The lowest BCUT2D eigenvalue weighted by molar-refractivity contribution is 0.589. The largest absolute Gasteiger partial charge is 0.456 e. The number of hydrogen-bond acceptors (Lipinski definition) is 6. The first-order valence-corrected chi connectivity index (χ1v) is 24.2. The molecule has 0 amide bonds. The number of fused-ring (bicyclic) bond motifs is 10. The van der Waals surface area contributed by atoms with Crippen LogP contribution in [0.15, 0.2) is 157 Å². The van der Waals surface area contributed by atoms with E-state index in [1.54, 1.807) is 0 Å². The Morgan fingerprint density at radius 1 is 0.391 bits per heavy atom. The molecule has 13 rings (SSSR count). The normalized spacial score (nSPS) is 13.6. The van der Waals surface area contributed by atoms with Gasteiger partial charge < -0.3 is 17.7 Å². The molecule has 6 heterocycles. The Labute approximate surface area is 402 Å². The summed E-state index contributed by atoms with van der Waals surface area (Å²) in [7, 11) is 0. The summed E-state index contributed by atoms with van der Waals surface area (Å²) in [6, 6.07) is 50.1. The molecule has 11 aromatic rings. The maximum atomic E-state index is 7.31. The zero-order valence-electron chi connectivity index (χ0n) is 40.9. The van der Waals surface area contributed by atoms with Crippen molar-refractivity contribution in [2.24, 2.45) is 0 Å². The number of nitrogens with zero attached hydrogens (tertiary/aromatic N) is 2. The third-order valence-corrected chi connectivity index (χ3v) is 14.8. The number of rotatable bonds is 4. The molecule has 2 aliphatic heterocycles. The number of anilines is 6. The minimum Gasteiger partial charge on any atom is -0.456 e. The molecule has 0 spiro atoms. The van der Waals surface area contributed by atoms with Gasteiger partial charge in [-0.05, 0) is 162 Å². The number of hydrogen-bond donors (Lipinski definition) is 0. The van der Waals surface area contributed by atoms with Gasteiger partial charge in [-0.3, -0.25) is 9.80 Å². The Bertz CT molecular complexity index is 3590. The third kappa shape index (κ3) is 6.18. The van der Waals surface area contributed by atoms with E-state index < -0.39 is 0 Å². The van der Waals surface area contributed by atoms with Crippen molar-refractivity contribution >= 4 is 101 Å². The number of para-hydroxylation sites is 2. The van der Waals surface area contributed by atoms with Crippen LogP contribution >= 0.6 is 0 Å². The molecule has 0 N–H and O–H groups in total. The second-order valence-corrected chi connectivity index (χ2v) is 21.6. The highest BCUT2D eigenvalue weighted by Crippen LogP contribution is 2.51. The molecule has 6 nitrogen and oxygen atoms in total. The summed E-state index contributed by atoms with van der Waals surface area (Å²) in [6.45, 7) is 22.4. The Balaban J connectivity index is 1.10. The van der Waals surface area contributed by atoms with Gasteiger partial charge in [0.05, 0.1) is 11.4 Å². The van der Waals surface area contributed by atoms with Gasteiger partial charge in [-0.25, -0.2) is 0 Å². The molecule has 7 aromatic carbocycles. The predicted molar refractivity (Wildman–Crippen MR) is 287 cm³/mol. The molecule has 2 aliphatic rings. The standard InChI is InChI=1S/C62H53BN2O4/c1-34-26-40(52-30-38-16-11-13-20-48(38)66-52)27-35(2)57(34)64-46-18-15-19-47-56(46)63(54-44-32-42(61(5,6)7)22-24-50(44)68-59(54)64)55-45-33-43(62(8,9)10)23-25-51(45)69-60(55)65(47)58-36(3)28-41(29-37(58)4)53-31-39-17-12-14-21-49(39)67-53/h11-33H,1-10H3. The fourth-order valence-corrected chi connectivity index (χ4v) is 11.5. The molecule has 7 heteroatoms. The first-order valence-electron chi connectivity index (χ1n) is 24.2. The summed E-state index contributed by atoms with van der Waals surface area (Å²) in [4.78, 5) is 4.82. The van der Waals surface area contributed by atoms with Crippen LogP contribution in [-0.2, 0) is 10.8 Å². The highest BCUT2D eigenvalue weighted by molar-refractivity contribution is 7.02. The van der Waals surface area contributed by atoms with Crippen LogP contribution in [-0.4, -0.2) is 6.71 Å². The quantitative estimate of drug-likeness (QED) is 0.164. The smallest absolute Gasteiger partial charge is 0.262 e. The molecule has 4 aromatic heterocycles. The van der Waals surface area contributed by atoms with Crippen molar-refractivity contribution in [1.82, 2.24) is 0 Å². The van der Waals surface area contributed by atoms with E-state index in [4.69, 9.17) is 17.7 Å². The Morgan fingerprint density at radius 2 is 0.797 bits per heavy atom. The molecule has 0 atom stereocenters.